The highest BCUT2D eigenvalue weighted by Gasteiger charge is 2.28. The van der Waals surface area contributed by atoms with Gasteiger partial charge in [0.25, 0.3) is 0 Å². The molecule has 0 bridgehead atoms. The van der Waals surface area contributed by atoms with Gasteiger partial charge in [0.1, 0.15) is 0 Å². The van der Waals surface area contributed by atoms with Gasteiger partial charge in [0.2, 0.25) is 0 Å². The molecule has 92 valence electrons. The van der Waals surface area contributed by atoms with Gasteiger partial charge in [-0.25, -0.2) is 0 Å². The van der Waals surface area contributed by atoms with E-state index in [1.807, 2.05) is 36.4 Å². The fourth-order valence-electron chi connectivity index (χ4n) is 2.64. The van der Waals surface area contributed by atoms with E-state index in [4.69, 9.17) is 0 Å². The topological polar surface area (TPSA) is 23.5 Å². The van der Waals surface area contributed by atoms with E-state index in [0.717, 1.165) is 25.1 Å². The largest absolute Gasteiger partial charge is 0.387 e. The Hall–Kier alpha value is -1.12. The van der Waals surface area contributed by atoms with Crippen LogP contribution in [0.25, 0.3) is 0 Å². The Morgan fingerprint density at radius 2 is 2.12 bits per heavy atom. The number of hydrogen-bond acceptors (Lipinski definition) is 2. The molecule has 0 amide bonds. The molecule has 1 aromatic carbocycles. The molecule has 0 radical (unpaired) electrons. The molecule has 1 saturated heterocycles. The molecule has 1 aliphatic rings. The van der Waals surface area contributed by atoms with Crippen LogP contribution in [0.1, 0.15) is 30.9 Å². The van der Waals surface area contributed by atoms with Gasteiger partial charge in [-0.2, -0.15) is 0 Å². The predicted octanol–water partition coefficient (Wildman–Crippen LogP) is 2.76. The first-order valence-corrected chi connectivity index (χ1v) is 6.41. The molecule has 0 aromatic heterocycles. The zero-order chi connectivity index (χ0) is 12.1. The minimum Gasteiger partial charge on any atom is -0.387 e. The minimum absolute atomic E-state index is 0.240. The molecule has 1 aromatic rings. The number of piperidine rings is 1. The van der Waals surface area contributed by atoms with Gasteiger partial charge in [0.05, 0.1) is 6.10 Å². The van der Waals surface area contributed by atoms with Crippen molar-refractivity contribution in [2.75, 3.05) is 13.1 Å². The van der Waals surface area contributed by atoms with Crippen LogP contribution in [0.2, 0.25) is 0 Å². The first kappa shape index (κ1) is 12.3. The third-order valence-corrected chi connectivity index (χ3v) is 3.53. The van der Waals surface area contributed by atoms with Gasteiger partial charge in [-0.15, -0.1) is 6.58 Å². The monoisotopic (exact) mass is 231 g/mol. The fourth-order valence-corrected chi connectivity index (χ4v) is 2.64. The summed E-state index contributed by atoms with van der Waals surface area (Å²) in [5.74, 6) is 0. The Morgan fingerprint density at radius 3 is 2.82 bits per heavy atom. The lowest BCUT2D eigenvalue weighted by Gasteiger charge is -2.38. The highest BCUT2D eigenvalue weighted by molar-refractivity contribution is 5.19. The molecule has 1 fully saturated rings. The van der Waals surface area contributed by atoms with Gasteiger partial charge in [-0.05, 0) is 24.9 Å². The number of aliphatic hydroxyl groups is 1. The zero-order valence-electron chi connectivity index (χ0n) is 10.3. The first-order valence-electron chi connectivity index (χ1n) is 6.41. The Kier molecular flexibility index (Phi) is 4.35. The van der Waals surface area contributed by atoms with Gasteiger partial charge in [-0.3, -0.25) is 4.90 Å². The second-order valence-corrected chi connectivity index (χ2v) is 4.70. The van der Waals surface area contributed by atoms with Crippen LogP contribution in [0.5, 0.6) is 0 Å². The van der Waals surface area contributed by atoms with Crippen molar-refractivity contribution in [1.82, 2.24) is 4.90 Å². The number of hydrogen-bond donors (Lipinski definition) is 1. The van der Waals surface area contributed by atoms with Crippen LogP contribution in [0.15, 0.2) is 43.0 Å². The third-order valence-electron chi connectivity index (χ3n) is 3.53. The Balaban J connectivity index is 2.10. The van der Waals surface area contributed by atoms with Crippen LogP contribution in [0.4, 0.5) is 0 Å². The Morgan fingerprint density at radius 1 is 1.35 bits per heavy atom. The van der Waals surface area contributed by atoms with Crippen molar-refractivity contribution < 1.29 is 5.11 Å². The standard InChI is InChI=1S/C15H21NO/c1-2-11-16-12-7-6-10-14(16)15(17)13-8-4-3-5-9-13/h2-5,8-9,14-15,17H,1,6-7,10-12H2/t14-,15?/m0/s1. The summed E-state index contributed by atoms with van der Waals surface area (Å²) in [7, 11) is 0. The van der Waals surface area contributed by atoms with Gasteiger partial charge in [0, 0.05) is 12.6 Å². The lowest BCUT2D eigenvalue weighted by Crippen LogP contribution is -2.43. The van der Waals surface area contributed by atoms with Crippen LogP contribution < -0.4 is 0 Å². The van der Waals surface area contributed by atoms with Crippen molar-refractivity contribution in [3.05, 3.63) is 48.6 Å². The average molecular weight is 231 g/mol. The SMILES string of the molecule is C=CCN1CCCC[C@H]1C(O)c1ccccc1. The minimum atomic E-state index is -0.378. The number of nitrogens with zero attached hydrogens (tertiary/aromatic N) is 1. The van der Waals surface area contributed by atoms with Gasteiger partial charge >= 0.3 is 0 Å². The summed E-state index contributed by atoms with van der Waals surface area (Å²) < 4.78 is 0. The van der Waals surface area contributed by atoms with Crippen LogP contribution in [0, 0.1) is 0 Å². The van der Waals surface area contributed by atoms with Crippen LogP contribution in [-0.4, -0.2) is 29.1 Å². The summed E-state index contributed by atoms with van der Waals surface area (Å²) in [5, 5.41) is 10.5. The van der Waals surface area contributed by atoms with E-state index < -0.39 is 0 Å². The summed E-state index contributed by atoms with van der Waals surface area (Å²) in [6.45, 7) is 5.74. The summed E-state index contributed by atoms with van der Waals surface area (Å²) in [6.07, 6.45) is 5.06. The molecular weight excluding hydrogens is 210 g/mol. The van der Waals surface area contributed by atoms with Crippen molar-refractivity contribution in [2.45, 2.75) is 31.4 Å². The molecule has 1 N–H and O–H groups in total. The second kappa shape index (κ2) is 5.99. The predicted molar refractivity (Wildman–Crippen MR) is 70.8 cm³/mol. The zero-order valence-corrected chi connectivity index (χ0v) is 10.3. The van der Waals surface area contributed by atoms with E-state index in [2.05, 4.69) is 11.5 Å². The summed E-state index contributed by atoms with van der Waals surface area (Å²) >= 11 is 0. The van der Waals surface area contributed by atoms with E-state index in [9.17, 15) is 5.11 Å². The van der Waals surface area contributed by atoms with E-state index >= 15 is 0 Å². The molecule has 1 unspecified atom stereocenters. The fraction of sp³-hybridized carbons (Fsp3) is 0.467. The van der Waals surface area contributed by atoms with E-state index in [0.29, 0.717) is 0 Å². The average Bonchev–Trinajstić information content (AvgIpc) is 2.40. The highest BCUT2D eigenvalue weighted by Crippen LogP contribution is 2.28. The molecule has 0 aliphatic carbocycles. The number of benzene rings is 1. The maximum absolute atomic E-state index is 10.5. The first-order chi connectivity index (χ1) is 8.33. The Bertz CT molecular complexity index is 349. The van der Waals surface area contributed by atoms with Crippen LogP contribution >= 0.6 is 0 Å². The highest BCUT2D eigenvalue weighted by atomic mass is 16.3. The van der Waals surface area contributed by atoms with Crippen molar-refractivity contribution in [1.29, 1.82) is 0 Å². The number of likely N-dealkylation sites (tertiary alicyclic amines) is 1. The lowest BCUT2D eigenvalue weighted by atomic mass is 9.93. The molecule has 0 saturated carbocycles. The van der Waals surface area contributed by atoms with Crippen LogP contribution in [0.3, 0.4) is 0 Å². The quantitative estimate of drug-likeness (QED) is 0.805. The van der Waals surface area contributed by atoms with Crippen LogP contribution in [-0.2, 0) is 0 Å². The van der Waals surface area contributed by atoms with Crippen molar-refractivity contribution in [2.24, 2.45) is 0 Å². The maximum atomic E-state index is 10.5. The van der Waals surface area contributed by atoms with E-state index in [-0.39, 0.29) is 12.1 Å². The van der Waals surface area contributed by atoms with Gasteiger partial charge < -0.3 is 5.11 Å². The summed E-state index contributed by atoms with van der Waals surface area (Å²) in [5.41, 5.74) is 1.02. The molecule has 1 aliphatic heterocycles. The van der Waals surface area contributed by atoms with Gasteiger partial charge in [-0.1, -0.05) is 42.8 Å². The molecule has 2 heteroatoms. The van der Waals surface area contributed by atoms with Crippen molar-refractivity contribution in [3.8, 4) is 0 Å². The lowest BCUT2D eigenvalue weighted by molar-refractivity contribution is 0.0317. The molecular formula is C15H21NO. The second-order valence-electron chi connectivity index (χ2n) is 4.70. The van der Waals surface area contributed by atoms with Gasteiger partial charge in [0.15, 0.2) is 0 Å². The molecule has 1 heterocycles. The summed E-state index contributed by atoms with van der Waals surface area (Å²) in [6, 6.07) is 10.2. The molecule has 17 heavy (non-hydrogen) atoms. The smallest absolute Gasteiger partial charge is 0.0945 e. The molecule has 2 atom stereocenters. The van der Waals surface area contributed by atoms with E-state index in [1.54, 1.807) is 0 Å². The van der Waals surface area contributed by atoms with Crippen molar-refractivity contribution in [3.63, 3.8) is 0 Å². The number of aliphatic hydroxyl groups excluding tert-OH is 1. The Labute approximate surface area is 104 Å². The third kappa shape index (κ3) is 2.96. The molecule has 2 rings (SSSR count). The maximum Gasteiger partial charge on any atom is 0.0945 e. The van der Waals surface area contributed by atoms with Crippen molar-refractivity contribution >= 4 is 0 Å². The summed E-state index contributed by atoms with van der Waals surface area (Å²) in [4.78, 5) is 2.34. The molecule has 0 spiro atoms. The molecule has 2 nitrogen and oxygen atoms in total. The normalized spacial score (nSPS) is 23.2. The van der Waals surface area contributed by atoms with E-state index in [1.165, 1.54) is 12.8 Å². The number of rotatable bonds is 4.